The van der Waals surface area contributed by atoms with Gasteiger partial charge in [0.1, 0.15) is 12.2 Å². The highest BCUT2D eigenvalue weighted by molar-refractivity contribution is 5.96. The summed E-state index contributed by atoms with van der Waals surface area (Å²) in [7, 11) is 0. The molecule has 0 bridgehead atoms. The molecule has 5 aliphatic rings. The molecule has 0 aromatic carbocycles. The molecule has 0 saturated heterocycles. The van der Waals surface area contributed by atoms with Gasteiger partial charge in [0.15, 0.2) is 5.78 Å². The fourth-order valence-corrected chi connectivity index (χ4v) is 8.37. The number of rotatable bonds is 2. The van der Waals surface area contributed by atoms with Crippen LogP contribution in [0.4, 0.5) is 0 Å². The van der Waals surface area contributed by atoms with Gasteiger partial charge >= 0.3 is 11.9 Å². The van der Waals surface area contributed by atoms with Crippen molar-refractivity contribution in [2.45, 2.75) is 73.0 Å². The van der Waals surface area contributed by atoms with Gasteiger partial charge in [-0.1, -0.05) is 46.8 Å². The molecular weight excluding hydrogens is 432 g/mol. The van der Waals surface area contributed by atoms with Crippen LogP contribution in [0.1, 0.15) is 60.8 Å². The highest BCUT2D eigenvalue weighted by Crippen LogP contribution is 2.70. The molecule has 6 heteroatoms. The molecule has 2 heterocycles. The first-order valence-electron chi connectivity index (χ1n) is 12.5. The first-order valence-corrected chi connectivity index (χ1v) is 12.5. The minimum absolute atomic E-state index is 0.0298. The second kappa shape index (κ2) is 7.39. The number of hydrogen-bond acceptors (Lipinski definition) is 6. The fraction of sp³-hybridized carbons (Fsp3) is 0.679. The lowest BCUT2D eigenvalue weighted by molar-refractivity contribution is -0.193. The van der Waals surface area contributed by atoms with E-state index in [1.54, 1.807) is 12.2 Å². The SMILES string of the molecule is CC(=O)OC1CC2C(C)(C)C(=O)C=C[C@]2(C)C2CC[C@]3(C)C(=CC(=O)OC3C3=CCOC3)[C@]12C. The van der Waals surface area contributed by atoms with Crippen molar-refractivity contribution in [3.63, 3.8) is 0 Å². The number of carbonyl (C=O) groups excluding carboxylic acids is 3. The van der Waals surface area contributed by atoms with Crippen molar-refractivity contribution in [1.29, 1.82) is 0 Å². The Bertz CT molecular complexity index is 1050. The van der Waals surface area contributed by atoms with Gasteiger partial charge < -0.3 is 14.2 Å². The van der Waals surface area contributed by atoms with E-state index in [9.17, 15) is 14.4 Å². The topological polar surface area (TPSA) is 78.9 Å². The fourth-order valence-electron chi connectivity index (χ4n) is 8.37. The van der Waals surface area contributed by atoms with E-state index in [0.717, 1.165) is 24.0 Å². The third-order valence-corrected chi connectivity index (χ3v) is 10.0. The molecule has 0 aromatic rings. The predicted molar refractivity (Wildman–Crippen MR) is 125 cm³/mol. The standard InChI is InChI=1S/C28H36O6/c1-16(29)33-22-13-19-25(2,3)21(30)8-11-26(19,4)18-7-10-27(5)20(28(18,22)6)14-23(31)34-24(27)17-9-12-32-15-17/h8-9,11,14,18-19,22,24H,7,10,12-13,15H2,1-6H3/t18?,19?,22?,24?,26-,27-,28-/m1/s1. The largest absolute Gasteiger partial charge is 0.462 e. The van der Waals surface area contributed by atoms with E-state index in [4.69, 9.17) is 14.2 Å². The minimum atomic E-state index is -0.567. The molecular formula is C28H36O6. The zero-order chi connectivity index (χ0) is 24.7. The van der Waals surface area contributed by atoms with E-state index in [1.807, 2.05) is 19.9 Å². The van der Waals surface area contributed by atoms with Gasteiger partial charge in [-0.25, -0.2) is 4.79 Å². The summed E-state index contributed by atoms with van der Waals surface area (Å²) in [5.41, 5.74) is 0.221. The van der Waals surface area contributed by atoms with Crippen LogP contribution in [0, 0.1) is 33.5 Å². The van der Waals surface area contributed by atoms with E-state index >= 15 is 0 Å². The van der Waals surface area contributed by atoms with Crippen molar-refractivity contribution in [2.75, 3.05) is 13.2 Å². The van der Waals surface area contributed by atoms with Crippen LogP contribution in [0.3, 0.4) is 0 Å². The summed E-state index contributed by atoms with van der Waals surface area (Å²) in [6, 6.07) is 0. The molecule has 2 saturated carbocycles. The van der Waals surface area contributed by atoms with Crippen molar-refractivity contribution in [1.82, 2.24) is 0 Å². The van der Waals surface area contributed by atoms with Gasteiger partial charge in [0, 0.05) is 29.2 Å². The van der Waals surface area contributed by atoms with Crippen LogP contribution in [-0.4, -0.2) is 43.1 Å². The molecule has 3 aliphatic carbocycles. The van der Waals surface area contributed by atoms with Gasteiger partial charge in [-0.05, 0) is 53.7 Å². The number of esters is 2. The van der Waals surface area contributed by atoms with E-state index in [0.29, 0.717) is 19.6 Å². The van der Waals surface area contributed by atoms with Crippen molar-refractivity contribution >= 4 is 17.7 Å². The Morgan fingerprint density at radius 1 is 1.12 bits per heavy atom. The Kier molecular flexibility index (Phi) is 5.12. The molecule has 0 radical (unpaired) electrons. The lowest BCUT2D eigenvalue weighted by Gasteiger charge is -2.67. The van der Waals surface area contributed by atoms with E-state index in [-0.39, 0.29) is 41.1 Å². The summed E-state index contributed by atoms with van der Waals surface area (Å²) in [6.07, 6.45) is 9.03. The maximum Gasteiger partial charge on any atom is 0.331 e. The average molecular weight is 469 g/mol. The lowest BCUT2D eigenvalue weighted by Crippen LogP contribution is -2.66. The Balaban J connectivity index is 1.68. The third kappa shape index (κ3) is 3.00. The Morgan fingerprint density at radius 2 is 1.85 bits per heavy atom. The maximum atomic E-state index is 12.9. The number of cyclic esters (lactones) is 1. The molecule has 5 rings (SSSR count). The van der Waals surface area contributed by atoms with E-state index in [1.165, 1.54) is 6.92 Å². The Hall–Kier alpha value is -2.21. The molecule has 6 nitrogen and oxygen atoms in total. The van der Waals surface area contributed by atoms with Crippen LogP contribution in [0.2, 0.25) is 0 Å². The summed E-state index contributed by atoms with van der Waals surface area (Å²) in [5.74, 6) is -0.433. The molecule has 184 valence electrons. The monoisotopic (exact) mass is 468 g/mol. The zero-order valence-electron chi connectivity index (χ0n) is 21.1. The summed E-state index contributed by atoms with van der Waals surface area (Å²) in [4.78, 5) is 38.2. The van der Waals surface area contributed by atoms with Crippen molar-refractivity contribution < 1.29 is 28.6 Å². The van der Waals surface area contributed by atoms with Gasteiger partial charge in [0.2, 0.25) is 0 Å². The predicted octanol–water partition coefficient (Wildman–Crippen LogP) is 4.34. The van der Waals surface area contributed by atoms with Crippen LogP contribution in [-0.2, 0) is 28.6 Å². The molecule has 4 unspecified atom stereocenters. The Morgan fingerprint density at radius 3 is 2.50 bits per heavy atom. The van der Waals surface area contributed by atoms with Gasteiger partial charge in [-0.3, -0.25) is 9.59 Å². The zero-order valence-corrected chi connectivity index (χ0v) is 21.1. The first kappa shape index (κ1) is 23.5. The first-order chi connectivity index (χ1) is 15.8. The van der Waals surface area contributed by atoms with E-state index < -0.39 is 22.3 Å². The van der Waals surface area contributed by atoms with Crippen LogP contribution >= 0.6 is 0 Å². The number of ether oxygens (including phenoxy) is 3. The van der Waals surface area contributed by atoms with Crippen molar-refractivity contribution in [2.24, 2.45) is 33.5 Å². The van der Waals surface area contributed by atoms with Crippen LogP contribution in [0.25, 0.3) is 0 Å². The van der Waals surface area contributed by atoms with Crippen LogP contribution in [0.5, 0.6) is 0 Å². The number of carbonyl (C=O) groups is 3. The van der Waals surface area contributed by atoms with Gasteiger partial charge in [0.25, 0.3) is 0 Å². The number of fused-ring (bicyclic) bond motifs is 5. The highest BCUT2D eigenvalue weighted by Gasteiger charge is 2.69. The molecule has 2 fully saturated rings. The van der Waals surface area contributed by atoms with Crippen LogP contribution in [0.15, 0.2) is 35.5 Å². The number of allylic oxidation sites excluding steroid dienone is 2. The average Bonchev–Trinajstić information content (AvgIpc) is 3.28. The van der Waals surface area contributed by atoms with Crippen molar-refractivity contribution in [3.05, 3.63) is 35.5 Å². The molecule has 34 heavy (non-hydrogen) atoms. The second-order valence-corrected chi connectivity index (χ2v) is 12.1. The summed E-state index contributed by atoms with van der Waals surface area (Å²) < 4.78 is 17.6. The molecule has 0 N–H and O–H groups in total. The van der Waals surface area contributed by atoms with Crippen molar-refractivity contribution in [3.8, 4) is 0 Å². The van der Waals surface area contributed by atoms with Gasteiger partial charge in [0.05, 0.1) is 13.2 Å². The van der Waals surface area contributed by atoms with Crippen LogP contribution < -0.4 is 0 Å². The van der Waals surface area contributed by atoms with Gasteiger partial charge in [-0.15, -0.1) is 0 Å². The number of ketones is 1. The van der Waals surface area contributed by atoms with E-state index in [2.05, 4.69) is 26.8 Å². The lowest BCUT2D eigenvalue weighted by atomic mass is 9.38. The second-order valence-electron chi connectivity index (χ2n) is 12.1. The Labute approximate surface area is 201 Å². The quantitative estimate of drug-likeness (QED) is 0.443. The highest BCUT2D eigenvalue weighted by atomic mass is 16.6. The summed E-state index contributed by atoms with van der Waals surface area (Å²) in [6.45, 7) is 13.1. The summed E-state index contributed by atoms with van der Waals surface area (Å²) in [5, 5.41) is 0. The maximum absolute atomic E-state index is 12.9. The third-order valence-electron chi connectivity index (χ3n) is 10.0. The molecule has 0 aromatic heterocycles. The normalized spacial score (nSPS) is 44.8. The molecule has 0 amide bonds. The minimum Gasteiger partial charge on any atom is -0.462 e. The van der Waals surface area contributed by atoms with Gasteiger partial charge in [-0.2, -0.15) is 0 Å². The molecule has 7 atom stereocenters. The number of hydrogen-bond donors (Lipinski definition) is 0. The summed E-state index contributed by atoms with van der Waals surface area (Å²) >= 11 is 0. The smallest absolute Gasteiger partial charge is 0.331 e. The molecule has 0 spiro atoms. The molecule has 2 aliphatic heterocycles.